The lowest BCUT2D eigenvalue weighted by atomic mass is 10.1. The van der Waals surface area contributed by atoms with E-state index in [0.717, 1.165) is 34.6 Å². The molecule has 1 N–H and O–H groups in total. The molecular weight excluding hydrogens is 322 g/mol. The molecule has 0 saturated carbocycles. The van der Waals surface area contributed by atoms with Gasteiger partial charge in [0.1, 0.15) is 28.9 Å². The fraction of sp³-hybridized carbons (Fsp3) is 0.444. The summed E-state index contributed by atoms with van der Waals surface area (Å²) in [5, 5.41) is 10.3. The number of aliphatic carboxylic acids is 1. The molecule has 0 bridgehead atoms. The number of carboxylic acids is 1. The van der Waals surface area contributed by atoms with Gasteiger partial charge in [-0.05, 0) is 37.7 Å². The Morgan fingerprint density at radius 3 is 2.56 bits per heavy atom. The van der Waals surface area contributed by atoms with E-state index in [2.05, 4.69) is 0 Å². The molecule has 1 aromatic heterocycles. The molecule has 7 nitrogen and oxygen atoms in total. The average molecular weight is 345 g/mol. The molecule has 1 fully saturated rings. The largest absolute Gasteiger partial charge is 0.496 e. The number of carboxylic acid groups (broad SMARTS) is 1. The van der Waals surface area contributed by atoms with E-state index in [-0.39, 0.29) is 0 Å². The predicted octanol–water partition coefficient (Wildman–Crippen LogP) is 1.77. The Balaban J connectivity index is 2.07. The molecule has 2 aromatic rings. The summed E-state index contributed by atoms with van der Waals surface area (Å²) in [6.07, 6.45) is 0. The second-order valence-corrected chi connectivity index (χ2v) is 6.27. The number of hydrogen-bond acceptors (Lipinski definition) is 6. The molecule has 2 heterocycles. The van der Waals surface area contributed by atoms with Gasteiger partial charge in [-0.2, -0.15) is 0 Å². The highest BCUT2D eigenvalue weighted by Gasteiger charge is 2.30. The number of nitrogens with zero attached hydrogens (tertiary/aromatic N) is 3. The number of anilines is 1. The van der Waals surface area contributed by atoms with E-state index in [0.29, 0.717) is 18.8 Å². The smallest absolute Gasteiger partial charge is 0.322 e. The van der Waals surface area contributed by atoms with Crippen LogP contribution in [-0.2, 0) is 4.79 Å². The minimum Gasteiger partial charge on any atom is -0.496 e. The van der Waals surface area contributed by atoms with Crippen molar-refractivity contribution in [1.82, 2.24) is 9.88 Å². The van der Waals surface area contributed by atoms with Gasteiger partial charge in [0.05, 0.1) is 14.2 Å². The molecule has 1 aliphatic heterocycles. The summed E-state index contributed by atoms with van der Waals surface area (Å²) in [6.45, 7) is 3.80. The normalized spacial score (nSPS) is 18.4. The Labute approximate surface area is 146 Å². The van der Waals surface area contributed by atoms with Gasteiger partial charge in [0.2, 0.25) is 0 Å². The lowest BCUT2D eigenvalue weighted by Crippen LogP contribution is -2.55. The number of aryl methyl sites for hydroxylation is 1. The Kier molecular flexibility index (Phi) is 4.67. The van der Waals surface area contributed by atoms with Crippen LogP contribution in [0.1, 0.15) is 5.56 Å². The summed E-state index contributed by atoms with van der Waals surface area (Å²) in [5.74, 6) is 1.36. The number of rotatable bonds is 4. The molecule has 134 valence electrons. The van der Waals surface area contributed by atoms with Gasteiger partial charge in [0.25, 0.3) is 0 Å². The molecule has 7 heteroatoms. The lowest BCUT2D eigenvalue weighted by Gasteiger charge is -2.38. The Morgan fingerprint density at radius 1 is 1.24 bits per heavy atom. The topological polar surface area (TPSA) is 75.1 Å². The SMILES string of the molecule is COc1ccc(OC)c2c(C)cc(N3CCN(C)C(C(=O)O)C3)nc12. The summed E-state index contributed by atoms with van der Waals surface area (Å²) in [4.78, 5) is 20.1. The highest BCUT2D eigenvalue weighted by Crippen LogP contribution is 2.36. The first-order valence-electron chi connectivity index (χ1n) is 8.16. The van der Waals surface area contributed by atoms with E-state index >= 15 is 0 Å². The molecule has 1 aromatic carbocycles. The van der Waals surface area contributed by atoms with Gasteiger partial charge in [-0.1, -0.05) is 0 Å². The lowest BCUT2D eigenvalue weighted by molar-refractivity contribution is -0.142. The summed E-state index contributed by atoms with van der Waals surface area (Å²) >= 11 is 0. The number of benzene rings is 1. The number of piperazine rings is 1. The number of hydrogen-bond donors (Lipinski definition) is 1. The standard InChI is InChI=1S/C18H23N3O4/c1-11-9-15(21-8-7-20(2)12(10-21)18(22)23)19-17-14(25-4)6-5-13(24-3)16(11)17/h5-6,9,12H,7-8,10H2,1-4H3,(H,22,23). The fourth-order valence-electron chi connectivity index (χ4n) is 3.30. The molecule has 3 rings (SSSR count). The van der Waals surface area contributed by atoms with Crippen molar-refractivity contribution in [3.8, 4) is 11.5 Å². The van der Waals surface area contributed by atoms with Crippen LogP contribution >= 0.6 is 0 Å². The quantitative estimate of drug-likeness (QED) is 0.905. The number of carbonyl (C=O) groups is 1. The minimum absolute atomic E-state index is 0.399. The van der Waals surface area contributed by atoms with Gasteiger partial charge >= 0.3 is 5.97 Å². The van der Waals surface area contributed by atoms with Crippen molar-refractivity contribution < 1.29 is 19.4 Å². The van der Waals surface area contributed by atoms with Crippen LogP contribution in [-0.4, -0.2) is 67.9 Å². The zero-order valence-electron chi connectivity index (χ0n) is 14.9. The summed E-state index contributed by atoms with van der Waals surface area (Å²) < 4.78 is 10.9. The number of likely N-dealkylation sites (N-methyl/N-ethyl adjacent to an activating group) is 1. The van der Waals surface area contributed by atoms with Gasteiger partial charge in [-0.15, -0.1) is 0 Å². The van der Waals surface area contributed by atoms with Crippen molar-refractivity contribution in [3.63, 3.8) is 0 Å². The Morgan fingerprint density at radius 2 is 1.92 bits per heavy atom. The van der Waals surface area contributed by atoms with E-state index in [9.17, 15) is 9.90 Å². The molecular formula is C18H23N3O4. The molecule has 0 aliphatic carbocycles. The molecule has 1 unspecified atom stereocenters. The number of fused-ring (bicyclic) bond motifs is 1. The third-order valence-electron chi connectivity index (χ3n) is 4.77. The fourth-order valence-corrected chi connectivity index (χ4v) is 3.30. The number of ether oxygens (including phenoxy) is 2. The second-order valence-electron chi connectivity index (χ2n) is 6.27. The van der Waals surface area contributed by atoms with Gasteiger partial charge in [0.15, 0.2) is 0 Å². The zero-order chi connectivity index (χ0) is 18.1. The Hall–Kier alpha value is -2.54. The summed E-state index contributed by atoms with van der Waals surface area (Å²) in [5.41, 5.74) is 1.74. The van der Waals surface area contributed by atoms with E-state index < -0.39 is 12.0 Å². The molecule has 0 spiro atoms. The van der Waals surface area contributed by atoms with Crippen molar-refractivity contribution >= 4 is 22.7 Å². The molecule has 1 aliphatic rings. The molecule has 0 amide bonds. The first-order chi connectivity index (χ1) is 12.0. The first kappa shape index (κ1) is 17.3. The van der Waals surface area contributed by atoms with Gasteiger partial charge in [0, 0.05) is 25.0 Å². The third kappa shape index (κ3) is 3.07. The van der Waals surface area contributed by atoms with Crippen molar-refractivity contribution in [3.05, 3.63) is 23.8 Å². The minimum atomic E-state index is -0.816. The number of pyridine rings is 1. The molecule has 0 radical (unpaired) electrons. The number of methoxy groups -OCH3 is 2. The summed E-state index contributed by atoms with van der Waals surface area (Å²) in [7, 11) is 5.08. The van der Waals surface area contributed by atoms with Crippen molar-refractivity contribution in [2.45, 2.75) is 13.0 Å². The van der Waals surface area contributed by atoms with E-state index in [4.69, 9.17) is 14.5 Å². The van der Waals surface area contributed by atoms with E-state index in [1.54, 1.807) is 14.2 Å². The van der Waals surface area contributed by atoms with Crippen LogP contribution in [0.5, 0.6) is 11.5 Å². The van der Waals surface area contributed by atoms with Crippen LogP contribution in [0.2, 0.25) is 0 Å². The van der Waals surface area contributed by atoms with Gasteiger partial charge < -0.3 is 19.5 Å². The van der Waals surface area contributed by atoms with Crippen molar-refractivity contribution in [2.24, 2.45) is 0 Å². The van der Waals surface area contributed by atoms with Crippen LogP contribution in [0.15, 0.2) is 18.2 Å². The van der Waals surface area contributed by atoms with Crippen LogP contribution in [0, 0.1) is 6.92 Å². The van der Waals surface area contributed by atoms with Crippen LogP contribution < -0.4 is 14.4 Å². The third-order valence-corrected chi connectivity index (χ3v) is 4.77. The summed E-state index contributed by atoms with van der Waals surface area (Å²) in [6, 6.07) is 5.14. The van der Waals surface area contributed by atoms with Crippen molar-refractivity contribution in [2.75, 3.05) is 45.8 Å². The first-order valence-corrected chi connectivity index (χ1v) is 8.16. The van der Waals surface area contributed by atoms with Gasteiger partial charge in [-0.3, -0.25) is 9.69 Å². The highest BCUT2D eigenvalue weighted by molar-refractivity contribution is 5.94. The molecule has 25 heavy (non-hydrogen) atoms. The number of aromatic nitrogens is 1. The average Bonchev–Trinajstić information content (AvgIpc) is 2.60. The molecule has 1 atom stereocenters. The highest BCUT2D eigenvalue weighted by atomic mass is 16.5. The van der Waals surface area contributed by atoms with Crippen LogP contribution in [0.4, 0.5) is 5.82 Å². The van der Waals surface area contributed by atoms with Gasteiger partial charge in [-0.25, -0.2) is 4.98 Å². The second kappa shape index (κ2) is 6.76. The van der Waals surface area contributed by atoms with Crippen LogP contribution in [0.3, 0.4) is 0 Å². The maximum absolute atomic E-state index is 11.5. The maximum Gasteiger partial charge on any atom is 0.322 e. The monoisotopic (exact) mass is 345 g/mol. The molecule has 1 saturated heterocycles. The predicted molar refractivity (Wildman–Crippen MR) is 95.9 cm³/mol. The zero-order valence-corrected chi connectivity index (χ0v) is 14.9. The van der Waals surface area contributed by atoms with Crippen molar-refractivity contribution in [1.29, 1.82) is 0 Å². The van der Waals surface area contributed by atoms with E-state index in [1.807, 2.05) is 42.0 Å². The Bertz CT molecular complexity index is 808. The van der Waals surface area contributed by atoms with E-state index in [1.165, 1.54) is 0 Å². The van der Waals surface area contributed by atoms with Crippen LogP contribution in [0.25, 0.3) is 10.9 Å². The maximum atomic E-state index is 11.5.